The zero-order valence-corrected chi connectivity index (χ0v) is 9.90. The van der Waals surface area contributed by atoms with Gasteiger partial charge < -0.3 is 10.0 Å². The summed E-state index contributed by atoms with van der Waals surface area (Å²) in [4.78, 5) is 17.1. The number of aliphatic hydroxyl groups excluding tert-OH is 1. The highest BCUT2D eigenvalue weighted by Crippen LogP contribution is 2.06. The number of carbonyl (C=O) groups excluding carboxylic acids is 1. The summed E-state index contributed by atoms with van der Waals surface area (Å²) in [5.74, 6) is 5.72. The molecule has 0 fully saturated rings. The molecule has 1 aromatic rings. The first-order valence-corrected chi connectivity index (χ1v) is 5.25. The largest absolute Gasteiger partial charge is 0.384 e. The van der Waals surface area contributed by atoms with Crippen molar-refractivity contribution in [3.63, 3.8) is 0 Å². The van der Waals surface area contributed by atoms with Crippen LogP contribution in [0, 0.1) is 11.8 Å². The van der Waals surface area contributed by atoms with Crippen molar-refractivity contribution in [2.75, 3.05) is 25.5 Å². The van der Waals surface area contributed by atoms with E-state index in [-0.39, 0.29) is 12.6 Å². The number of aromatic nitrogens is 1. The van der Waals surface area contributed by atoms with Gasteiger partial charge >= 0.3 is 6.03 Å². The number of carbonyl (C=O) groups is 1. The molecule has 1 aromatic heterocycles. The molecule has 90 valence electrons. The summed E-state index contributed by atoms with van der Waals surface area (Å²) in [6, 6.07) is 3.15. The quantitative estimate of drug-likeness (QED) is 0.746. The summed E-state index contributed by atoms with van der Waals surface area (Å²) in [5, 5.41) is 11.2. The van der Waals surface area contributed by atoms with Crippen molar-refractivity contribution >= 4 is 11.8 Å². The molecule has 0 unspecified atom stereocenters. The second-order valence-corrected chi connectivity index (χ2v) is 3.33. The molecule has 0 aliphatic heterocycles. The third-order valence-electron chi connectivity index (χ3n) is 2.13. The topological polar surface area (TPSA) is 65.5 Å². The highest BCUT2D eigenvalue weighted by Gasteiger charge is 2.06. The van der Waals surface area contributed by atoms with Gasteiger partial charge in [-0.1, -0.05) is 11.8 Å². The van der Waals surface area contributed by atoms with Crippen LogP contribution in [0.25, 0.3) is 0 Å². The molecule has 5 heteroatoms. The lowest BCUT2D eigenvalue weighted by Gasteiger charge is -2.14. The lowest BCUT2D eigenvalue weighted by molar-refractivity contribution is 0.224. The number of anilines is 1. The Morgan fingerprint density at radius 3 is 3.06 bits per heavy atom. The summed E-state index contributed by atoms with van der Waals surface area (Å²) in [5.41, 5.74) is 0.698. The molecule has 2 N–H and O–H groups in total. The molecule has 0 saturated carbocycles. The molecule has 1 heterocycles. The van der Waals surface area contributed by atoms with Crippen molar-refractivity contribution < 1.29 is 9.90 Å². The molecule has 0 radical (unpaired) electrons. The molecule has 0 aliphatic carbocycles. The van der Waals surface area contributed by atoms with Gasteiger partial charge in [0, 0.05) is 25.4 Å². The van der Waals surface area contributed by atoms with Crippen LogP contribution >= 0.6 is 0 Å². The minimum Gasteiger partial charge on any atom is -0.384 e. The van der Waals surface area contributed by atoms with E-state index in [9.17, 15) is 4.79 Å². The standard InChI is InChI=1S/C12H15N3O2/c1-3-15(2)12(17)14-11-9-10(5-4-8-16)6-7-13-11/h6-7,9,16H,3,8H2,1-2H3,(H,13,14,17). The van der Waals surface area contributed by atoms with Crippen molar-refractivity contribution in [2.24, 2.45) is 0 Å². The van der Waals surface area contributed by atoms with Crippen LogP contribution in [0.1, 0.15) is 12.5 Å². The number of urea groups is 1. The fourth-order valence-corrected chi connectivity index (χ4v) is 1.07. The summed E-state index contributed by atoms with van der Waals surface area (Å²) in [6.07, 6.45) is 1.56. The van der Waals surface area contributed by atoms with E-state index in [1.807, 2.05) is 6.92 Å². The predicted molar refractivity (Wildman–Crippen MR) is 65.5 cm³/mol. The first-order valence-electron chi connectivity index (χ1n) is 5.25. The van der Waals surface area contributed by atoms with Gasteiger partial charge in [-0.3, -0.25) is 5.32 Å². The van der Waals surface area contributed by atoms with E-state index in [4.69, 9.17) is 5.11 Å². The van der Waals surface area contributed by atoms with Crippen LogP contribution in [-0.2, 0) is 0 Å². The Labute approximate surface area is 100 Å². The highest BCUT2D eigenvalue weighted by molar-refractivity contribution is 5.88. The van der Waals surface area contributed by atoms with Crippen molar-refractivity contribution in [3.05, 3.63) is 23.9 Å². The fourth-order valence-electron chi connectivity index (χ4n) is 1.07. The number of pyridine rings is 1. The summed E-state index contributed by atoms with van der Waals surface area (Å²) in [6.45, 7) is 2.31. The van der Waals surface area contributed by atoms with Crippen LogP contribution in [0.3, 0.4) is 0 Å². The average molecular weight is 233 g/mol. The fraction of sp³-hybridized carbons (Fsp3) is 0.333. The Bertz CT molecular complexity index is 449. The van der Waals surface area contributed by atoms with Crippen molar-refractivity contribution in [3.8, 4) is 11.8 Å². The molecular weight excluding hydrogens is 218 g/mol. The minimum atomic E-state index is -0.215. The van der Waals surface area contributed by atoms with Crippen LogP contribution in [0.4, 0.5) is 10.6 Å². The molecule has 17 heavy (non-hydrogen) atoms. The molecule has 1 rings (SSSR count). The van der Waals surface area contributed by atoms with E-state index >= 15 is 0 Å². The lowest BCUT2D eigenvalue weighted by Crippen LogP contribution is -2.31. The van der Waals surface area contributed by atoms with E-state index in [1.54, 1.807) is 25.4 Å². The van der Waals surface area contributed by atoms with Gasteiger partial charge in [0.15, 0.2) is 0 Å². The number of nitrogens with one attached hydrogen (secondary N) is 1. The molecule has 0 saturated heterocycles. The highest BCUT2D eigenvalue weighted by atomic mass is 16.2. The van der Waals surface area contributed by atoms with Crippen LogP contribution < -0.4 is 5.32 Å². The molecular formula is C12H15N3O2. The third-order valence-corrected chi connectivity index (χ3v) is 2.13. The van der Waals surface area contributed by atoms with Gasteiger partial charge in [0.05, 0.1) is 0 Å². The number of hydrogen-bond donors (Lipinski definition) is 2. The van der Waals surface area contributed by atoms with E-state index in [0.29, 0.717) is 17.9 Å². The predicted octanol–water partition coefficient (Wildman–Crippen LogP) is 0.909. The summed E-state index contributed by atoms with van der Waals surface area (Å²) >= 11 is 0. The molecule has 2 amide bonds. The van der Waals surface area contributed by atoms with Crippen molar-refractivity contribution in [1.82, 2.24) is 9.88 Å². The van der Waals surface area contributed by atoms with E-state index < -0.39 is 0 Å². The van der Waals surface area contributed by atoms with Crippen LogP contribution in [0.5, 0.6) is 0 Å². The smallest absolute Gasteiger partial charge is 0.322 e. The van der Waals surface area contributed by atoms with Gasteiger partial charge in [-0.25, -0.2) is 9.78 Å². The number of hydrogen-bond acceptors (Lipinski definition) is 3. The maximum atomic E-state index is 11.6. The van der Waals surface area contributed by atoms with Crippen LogP contribution in [0.15, 0.2) is 18.3 Å². The molecule has 0 aliphatic rings. The van der Waals surface area contributed by atoms with E-state index in [1.165, 1.54) is 4.90 Å². The van der Waals surface area contributed by atoms with Gasteiger partial charge in [0.1, 0.15) is 12.4 Å². The molecule has 5 nitrogen and oxygen atoms in total. The van der Waals surface area contributed by atoms with Crippen LogP contribution in [0.2, 0.25) is 0 Å². The number of amides is 2. The molecule has 0 aromatic carbocycles. The summed E-state index contributed by atoms with van der Waals surface area (Å²) < 4.78 is 0. The van der Waals surface area contributed by atoms with Gasteiger partial charge in [0.2, 0.25) is 0 Å². The average Bonchev–Trinajstić information content (AvgIpc) is 2.35. The third kappa shape index (κ3) is 4.13. The second-order valence-electron chi connectivity index (χ2n) is 3.33. The minimum absolute atomic E-state index is 0.192. The normalized spacial score (nSPS) is 9.12. The van der Waals surface area contributed by atoms with Crippen molar-refractivity contribution in [2.45, 2.75) is 6.92 Å². The van der Waals surface area contributed by atoms with E-state index in [2.05, 4.69) is 22.1 Å². The molecule has 0 bridgehead atoms. The maximum absolute atomic E-state index is 11.6. The van der Waals surface area contributed by atoms with Gasteiger partial charge in [0.25, 0.3) is 0 Å². The van der Waals surface area contributed by atoms with Gasteiger partial charge in [-0.2, -0.15) is 0 Å². The lowest BCUT2D eigenvalue weighted by atomic mass is 10.2. The van der Waals surface area contributed by atoms with Gasteiger partial charge in [-0.05, 0) is 19.1 Å². The number of nitrogens with zero attached hydrogens (tertiary/aromatic N) is 2. The first kappa shape index (κ1) is 13.0. The molecule has 0 atom stereocenters. The Kier molecular flexibility index (Phi) is 4.98. The Morgan fingerprint density at radius 2 is 2.41 bits per heavy atom. The molecule has 0 spiro atoms. The first-order chi connectivity index (χ1) is 8.17. The van der Waals surface area contributed by atoms with Crippen LogP contribution in [-0.4, -0.2) is 41.2 Å². The second kappa shape index (κ2) is 6.51. The Balaban J connectivity index is 2.75. The number of aliphatic hydroxyl groups is 1. The monoisotopic (exact) mass is 233 g/mol. The maximum Gasteiger partial charge on any atom is 0.322 e. The Hall–Kier alpha value is -2.06. The summed E-state index contributed by atoms with van der Waals surface area (Å²) in [7, 11) is 1.70. The van der Waals surface area contributed by atoms with Gasteiger partial charge in [-0.15, -0.1) is 0 Å². The SMILES string of the molecule is CCN(C)C(=O)Nc1cc(C#CCO)ccn1. The van der Waals surface area contributed by atoms with E-state index in [0.717, 1.165) is 0 Å². The Morgan fingerprint density at radius 1 is 1.65 bits per heavy atom. The number of rotatable bonds is 2. The zero-order chi connectivity index (χ0) is 12.7. The zero-order valence-electron chi connectivity index (χ0n) is 9.90. The van der Waals surface area contributed by atoms with Crippen molar-refractivity contribution in [1.29, 1.82) is 0 Å².